The van der Waals surface area contributed by atoms with Crippen LogP contribution in [0.15, 0.2) is 65.1 Å². The van der Waals surface area contributed by atoms with E-state index in [1.807, 2.05) is 0 Å². The number of halogens is 1. The number of esters is 1. The number of nitrogens with one attached hydrogen (secondary N) is 1. The van der Waals surface area contributed by atoms with Gasteiger partial charge < -0.3 is 19.2 Å². The molecular weight excluding hydrogens is 429 g/mol. The van der Waals surface area contributed by atoms with Crippen LogP contribution < -0.4 is 10.1 Å². The van der Waals surface area contributed by atoms with Gasteiger partial charge in [-0.15, -0.1) is 0 Å². The third-order valence-corrected chi connectivity index (χ3v) is 4.54. The van der Waals surface area contributed by atoms with Crippen LogP contribution in [0.3, 0.4) is 0 Å². The number of benzene rings is 2. The van der Waals surface area contributed by atoms with Gasteiger partial charge in [0.15, 0.2) is 12.4 Å². The zero-order chi connectivity index (χ0) is 24.0. The molecule has 0 unspecified atom stereocenters. The van der Waals surface area contributed by atoms with Crippen molar-refractivity contribution in [2.75, 3.05) is 11.9 Å². The molecule has 7 nitrogen and oxygen atoms in total. The molecule has 33 heavy (non-hydrogen) atoms. The second-order valence-corrected chi connectivity index (χ2v) is 8.29. The maximum atomic E-state index is 12.9. The Balaban J connectivity index is 1.48. The summed E-state index contributed by atoms with van der Waals surface area (Å²) in [5.74, 6) is -0.953. The molecule has 0 spiro atoms. The summed E-state index contributed by atoms with van der Waals surface area (Å²) in [4.78, 5) is 36.5. The molecular formula is C25H24FNO6. The summed E-state index contributed by atoms with van der Waals surface area (Å²) < 4.78 is 28.8. The minimum atomic E-state index is -0.787. The van der Waals surface area contributed by atoms with Gasteiger partial charge >= 0.3 is 5.97 Å². The quantitative estimate of drug-likeness (QED) is 0.380. The topological polar surface area (TPSA) is 94.8 Å². The lowest BCUT2D eigenvalue weighted by Gasteiger charge is -2.17. The van der Waals surface area contributed by atoms with E-state index < -0.39 is 23.8 Å². The molecule has 0 atom stereocenters. The van der Waals surface area contributed by atoms with E-state index in [2.05, 4.69) is 5.32 Å². The van der Waals surface area contributed by atoms with E-state index in [4.69, 9.17) is 13.9 Å². The normalized spacial score (nSPS) is 11.0. The number of ketones is 1. The highest BCUT2D eigenvalue weighted by Crippen LogP contribution is 2.18. The van der Waals surface area contributed by atoms with Crippen LogP contribution in [0.5, 0.6) is 5.75 Å². The van der Waals surface area contributed by atoms with Gasteiger partial charge in [-0.3, -0.25) is 9.59 Å². The molecule has 0 saturated carbocycles. The molecule has 0 aliphatic heterocycles. The Morgan fingerprint density at radius 2 is 1.61 bits per heavy atom. The first-order valence-electron chi connectivity index (χ1n) is 10.2. The molecule has 3 aromatic rings. The second-order valence-electron chi connectivity index (χ2n) is 8.29. The molecule has 0 saturated heterocycles. The van der Waals surface area contributed by atoms with Gasteiger partial charge in [-0.05, 0) is 60.7 Å². The molecule has 3 rings (SSSR count). The maximum Gasteiger partial charge on any atom is 0.374 e. The van der Waals surface area contributed by atoms with Gasteiger partial charge in [0.1, 0.15) is 23.9 Å². The zero-order valence-electron chi connectivity index (χ0n) is 18.5. The van der Waals surface area contributed by atoms with Crippen molar-refractivity contribution in [2.45, 2.75) is 27.4 Å². The summed E-state index contributed by atoms with van der Waals surface area (Å²) in [6.07, 6.45) is 0. The standard InChI is InChI=1S/C25H24FNO6/c1-25(2,3)24(30)27-18-8-4-16(5-9-18)21(28)15-32-23(29)22-13-12-20(33-22)14-31-19-10-6-17(26)7-11-19/h4-13H,14-15H2,1-3H3,(H,27,30). The van der Waals surface area contributed by atoms with E-state index in [-0.39, 0.29) is 24.1 Å². The molecule has 2 aromatic carbocycles. The van der Waals surface area contributed by atoms with Crippen molar-refractivity contribution in [2.24, 2.45) is 5.41 Å². The average Bonchev–Trinajstić information content (AvgIpc) is 3.26. The number of rotatable bonds is 8. The van der Waals surface area contributed by atoms with Gasteiger partial charge in [-0.2, -0.15) is 0 Å². The molecule has 0 fully saturated rings. The number of carbonyl (C=O) groups is 3. The number of hydrogen-bond acceptors (Lipinski definition) is 6. The minimum Gasteiger partial charge on any atom is -0.486 e. The predicted octanol–water partition coefficient (Wildman–Crippen LogP) is 5.02. The second kappa shape index (κ2) is 10.1. The average molecular weight is 453 g/mol. The summed E-state index contributed by atoms with van der Waals surface area (Å²) >= 11 is 0. The highest BCUT2D eigenvalue weighted by Gasteiger charge is 2.21. The summed E-state index contributed by atoms with van der Waals surface area (Å²) in [6.45, 7) is 4.98. The molecule has 1 N–H and O–H groups in total. The molecule has 172 valence electrons. The molecule has 0 aliphatic rings. The number of amides is 1. The van der Waals surface area contributed by atoms with Gasteiger partial charge in [0.05, 0.1) is 0 Å². The van der Waals surface area contributed by atoms with Gasteiger partial charge in [0, 0.05) is 16.7 Å². The zero-order valence-corrected chi connectivity index (χ0v) is 18.5. The van der Waals surface area contributed by atoms with Gasteiger partial charge in [0.25, 0.3) is 0 Å². The lowest BCUT2D eigenvalue weighted by Crippen LogP contribution is -2.27. The molecule has 0 bridgehead atoms. The monoisotopic (exact) mass is 453 g/mol. The highest BCUT2D eigenvalue weighted by atomic mass is 19.1. The number of anilines is 1. The third-order valence-electron chi connectivity index (χ3n) is 4.54. The molecule has 0 aliphatic carbocycles. The smallest absolute Gasteiger partial charge is 0.374 e. The van der Waals surface area contributed by atoms with Gasteiger partial charge in [-0.1, -0.05) is 20.8 Å². The highest BCUT2D eigenvalue weighted by molar-refractivity contribution is 6.00. The Labute approximate surface area is 190 Å². The van der Waals surface area contributed by atoms with E-state index in [0.29, 0.717) is 22.8 Å². The fraction of sp³-hybridized carbons (Fsp3) is 0.240. The number of carbonyl (C=O) groups excluding carboxylic acids is 3. The molecule has 1 aromatic heterocycles. The fourth-order valence-electron chi connectivity index (χ4n) is 2.59. The number of ether oxygens (including phenoxy) is 2. The Morgan fingerprint density at radius 3 is 2.24 bits per heavy atom. The molecule has 0 radical (unpaired) electrons. The molecule has 1 heterocycles. The Kier molecular flexibility index (Phi) is 7.27. The van der Waals surface area contributed by atoms with Crippen LogP contribution in [-0.4, -0.2) is 24.3 Å². The van der Waals surface area contributed by atoms with Crippen LogP contribution in [-0.2, 0) is 16.1 Å². The summed E-state index contributed by atoms with van der Waals surface area (Å²) in [5, 5.41) is 2.77. The minimum absolute atomic E-state index is 0.0376. The predicted molar refractivity (Wildman–Crippen MR) is 119 cm³/mol. The van der Waals surface area contributed by atoms with Crippen molar-refractivity contribution in [1.82, 2.24) is 0 Å². The number of furan rings is 1. The lowest BCUT2D eigenvalue weighted by molar-refractivity contribution is -0.123. The first kappa shape index (κ1) is 23.7. The van der Waals surface area contributed by atoms with Crippen molar-refractivity contribution in [3.05, 3.63) is 83.6 Å². The Hall–Kier alpha value is -3.94. The van der Waals surface area contributed by atoms with E-state index in [9.17, 15) is 18.8 Å². The van der Waals surface area contributed by atoms with Crippen molar-refractivity contribution in [3.8, 4) is 5.75 Å². The molecule has 8 heteroatoms. The van der Waals surface area contributed by atoms with Crippen LogP contribution in [0, 0.1) is 11.2 Å². The van der Waals surface area contributed by atoms with Crippen LogP contribution in [0.25, 0.3) is 0 Å². The largest absolute Gasteiger partial charge is 0.486 e. The first-order valence-corrected chi connectivity index (χ1v) is 10.2. The van der Waals surface area contributed by atoms with Crippen LogP contribution in [0.1, 0.15) is 47.4 Å². The van der Waals surface area contributed by atoms with E-state index in [1.165, 1.54) is 30.3 Å². The first-order chi connectivity index (χ1) is 15.6. The third kappa shape index (κ3) is 6.77. The summed E-state index contributed by atoms with van der Waals surface area (Å²) in [6, 6.07) is 14.8. The van der Waals surface area contributed by atoms with E-state index >= 15 is 0 Å². The number of Topliss-reactive ketones (excluding diaryl/α,β-unsaturated/α-hetero) is 1. The van der Waals surface area contributed by atoms with Crippen molar-refractivity contribution < 1.29 is 32.7 Å². The van der Waals surface area contributed by atoms with Crippen molar-refractivity contribution in [3.63, 3.8) is 0 Å². The van der Waals surface area contributed by atoms with Gasteiger partial charge in [-0.25, -0.2) is 9.18 Å². The van der Waals surface area contributed by atoms with Crippen LogP contribution >= 0.6 is 0 Å². The summed E-state index contributed by atoms with van der Waals surface area (Å²) in [5.41, 5.74) is 0.362. The van der Waals surface area contributed by atoms with Crippen LogP contribution in [0.2, 0.25) is 0 Å². The molecule has 1 amide bonds. The van der Waals surface area contributed by atoms with E-state index in [0.717, 1.165) is 0 Å². The SMILES string of the molecule is CC(C)(C)C(=O)Nc1ccc(C(=O)COC(=O)c2ccc(COc3ccc(F)cc3)o2)cc1. The Bertz CT molecular complexity index is 1130. The fourth-order valence-corrected chi connectivity index (χ4v) is 2.59. The maximum absolute atomic E-state index is 12.9. The van der Waals surface area contributed by atoms with E-state index in [1.54, 1.807) is 51.1 Å². The number of hydrogen-bond donors (Lipinski definition) is 1. The van der Waals surface area contributed by atoms with Crippen molar-refractivity contribution in [1.29, 1.82) is 0 Å². The van der Waals surface area contributed by atoms with Crippen molar-refractivity contribution >= 4 is 23.3 Å². The lowest BCUT2D eigenvalue weighted by atomic mass is 9.95. The Morgan fingerprint density at radius 1 is 0.939 bits per heavy atom. The van der Waals surface area contributed by atoms with Gasteiger partial charge in [0.2, 0.25) is 11.7 Å². The summed E-state index contributed by atoms with van der Waals surface area (Å²) in [7, 11) is 0. The van der Waals surface area contributed by atoms with Crippen LogP contribution in [0.4, 0.5) is 10.1 Å².